The Balaban J connectivity index is 1.60. The van der Waals surface area contributed by atoms with E-state index < -0.39 is 38.6 Å². The molecule has 1 N–H and O–H groups in total. The molecular weight excluding hydrogens is 476 g/mol. The molecule has 0 saturated carbocycles. The second-order valence-corrected chi connectivity index (χ2v) is 10.1. The summed E-state index contributed by atoms with van der Waals surface area (Å²) < 4.78 is 65.6. The lowest BCUT2D eigenvalue weighted by Crippen LogP contribution is -2.41. The average molecular weight is 495 g/mol. The molecule has 1 aliphatic heterocycles. The average Bonchev–Trinajstić information content (AvgIpc) is 2.68. The van der Waals surface area contributed by atoms with Crippen molar-refractivity contribution in [2.45, 2.75) is 24.8 Å². The van der Waals surface area contributed by atoms with E-state index in [0.717, 1.165) is 12.1 Å². The summed E-state index contributed by atoms with van der Waals surface area (Å²) in [5.74, 6) is -1.17. The molecule has 0 bridgehead atoms. The zero-order valence-corrected chi connectivity index (χ0v) is 18.5. The third-order valence-corrected chi connectivity index (χ3v) is 7.41. The number of sulfonamides is 1. The molecular formula is C20H19Cl2F3N2O3S. The lowest BCUT2D eigenvalue weighted by Gasteiger charge is -2.30. The van der Waals surface area contributed by atoms with Crippen LogP contribution in [0.2, 0.25) is 10.0 Å². The molecule has 1 heterocycles. The van der Waals surface area contributed by atoms with Crippen LogP contribution in [0.15, 0.2) is 42.5 Å². The summed E-state index contributed by atoms with van der Waals surface area (Å²) in [6.07, 6.45) is -4.11. The van der Waals surface area contributed by atoms with Crippen LogP contribution in [-0.4, -0.2) is 31.7 Å². The van der Waals surface area contributed by atoms with Gasteiger partial charge in [0.1, 0.15) is 0 Å². The molecule has 0 aromatic heterocycles. The molecule has 168 valence electrons. The van der Waals surface area contributed by atoms with Crippen LogP contribution in [0.1, 0.15) is 24.0 Å². The van der Waals surface area contributed by atoms with Crippen molar-refractivity contribution in [3.05, 3.63) is 63.6 Å². The molecule has 5 nitrogen and oxygen atoms in total. The summed E-state index contributed by atoms with van der Waals surface area (Å²) in [4.78, 5) is 12.5. The van der Waals surface area contributed by atoms with Crippen LogP contribution < -0.4 is 5.32 Å². The molecule has 3 rings (SSSR count). The van der Waals surface area contributed by atoms with Crippen LogP contribution in [0.4, 0.5) is 18.9 Å². The second kappa shape index (κ2) is 9.36. The number of carbonyl (C=O) groups excluding carboxylic acids is 1. The predicted molar refractivity (Wildman–Crippen MR) is 113 cm³/mol. The van der Waals surface area contributed by atoms with Gasteiger partial charge in [-0.2, -0.15) is 13.2 Å². The maximum absolute atomic E-state index is 13.0. The van der Waals surface area contributed by atoms with Gasteiger partial charge in [-0.15, -0.1) is 0 Å². The number of nitrogens with zero attached hydrogens (tertiary/aromatic N) is 1. The Morgan fingerprint density at radius 1 is 1.10 bits per heavy atom. The highest BCUT2D eigenvalue weighted by molar-refractivity contribution is 7.88. The summed E-state index contributed by atoms with van der Waals surface area (Å²) >= 11 is 11.5. The van der Waals surface area contributed by atoms with E-state index in [2.05, 4.69) is 5.32 Å². The summed E-state index contributed by atoms with van der Waals surface area (Å²) in [5, 5.41) is 2.46. The quantitative estimate of drug-likeness (QED) is 0.621. The lowest BCUT2D eigenvalue weighted by atomic mass is 9.97. The van der Waals surface area contributed by atoms with Gasteiger partial charge < -0.3 is 5.32 Å². The van der Waals surface area contributed by atoms with Crippen LogP contribution in [0.3, 0.4) is 0 Å². The van der Waals surface area contributed by atoms with Crippen LogP contribution in [0.5, 0.6) is 0 Å². The molecule has 0 spiro atoms. The van der Waals surface area contributed by atoms with Gasteiger partial charge in [0.2, 0.25) is 15.9 Å². The maximum atomic E-state index is 13.0. The fraction of sp³-hybridized carbons (Fsp3) is 0.350. The van der Waals surface area contributed by atoms with Crippen molar-refractivity contribution >= 4 is 44.8 Å². The molecule has 1 saturated heterocycles. The van der Waals surface area contributed by atoms with Gasteiger partial charge in [-0.05, 0) is 48.7 Å². The van der Waals surface area contributed by atoms with Crippen molar-refractivity contribution in [3.63, 3.8) is 0 Å². The van der Waals surface area contributed by atoms with Crippen LogP contribution >= 0.6 is 23.2 Å². The van der Waals surface area contributed by atoms with Gasteiger partial charge in [0.25, 0.3) is 0 Å². The Hall–Kier alpha value is -1.81. The van der Waals surface area contributed by atoms with Gasteiger partial charge >= 0.3 is 6.18 Å². The van der Waals surface area contributed by atoms with Gasteiger partial charge in [-0.3, -0.25) is 4.79 Å². The number of halogens is 5. The van der Waals surface area contributed by atoms with Gasteiger partial charge in [-0.25, -0.2) is 12.7 Å². The minimum Gasteiger partial charge on any atom is -0.326 e. The topological polar surface area (TPSA) is 66.5 Å². The molecule has 1 aliphatic rings. The van der Waals surface area contributed by atoms with Gasteiger partial charge in [0.15, 0.2) is 0 Å². The molecule has 0 aliphatic carbocycles. The maximum Gasteiger partial charge on any atom is 0.417 e. The highest BCUT2D eigenvalue weighted by Crippen LogP contribution is 2.36. The largest absolute Gasteiger partial charge is 0.417 e. The molecule has 0 unspecified atom stereocenters. The van der Waals surface area contributed by atoms with E-state index in [9.17, 15) is 26.4 Å². The SMILES string of the molecule is O=C(Nc1ccc(Cl)c(C(F)(F)F)c1)C1CCN(S(=O)(=O)Cc2cccc(Cl)c2)CC1. The minimum absolute atomic E-state index is 0.0160. The van der Waals surface area contributed by atoms with Crippen LogP contribution in [0.25, 0.3) is 0 Å². The minimum atomic E-state index is -4.64. The first kappa shape index (κ1) is 23.8. The molecule has 11 heteroatoms. The van der Waals surface area contributed by atoms with Crippen molar-refractivity contribution in [1.29, 1.82) is 0 Å². The molecule has 31 heavy (non-hydrogen) atoms. The Morgan fingerprint density at radius 3 is 2.39 bits per heavy atom. The molecule has 2 aromatic carbocycles. The normalized spacial score (nSPS) is 16.3. The van der Waals surface area contributed by atoms with E-state index in [0.29, 0.717) is 10.6 Å². The summed E-state index contributed by atoms with van der Waals surface area (Å²) in [6, 6.07) is 9.73. The number of piperidine rings is 1. The number of rotatable bonds is 5. The lowest BCUT2D eigenvalue weighted by molar-refractivity contribution is -0.137. The summed E-state index contributed by atoms with van der Waals surface area (Å²) in [6.45, 7) is 0.296. The molecule has 0 atom stereocenters. The molecule has 0 radical (unpaired) electrons. The van der Waals surface area contributed by atoms with Crippen LogP contribution in [-0.2, 0) is 26.7 Å². The monoisotopic (exact) mass is 494 g/mol. The van der Waals surface area contributed by atoms with Gasteiger partial charge in [0.05, 0.1) is 16.3 Å². The molecule has 2 aromatic rings. The number of benzene rings is 2. The second-order valence-electron chi connectivity index (χ2n) is 7.24. The van der Waals surface area contributed by atoms with Crippen molar-refractivity contribution in [2.75, 3.05) is 18.4 Å². The van der Waals surface area contributed by atoms with Crippen molar-refractivity contribution in [1.82, 2.24) is 4.31 Å². The van der Waals surface area contributed by atoms with E-state index in [-0.39, 0.29) is 37.4 Å². The molecule has 1 fully saturated rings. The highest BCUT2D eigenvalue weighted by atomic mass is 35.5. The predicted octanol–water partition coefficient (Wildman–Crippen LogP) is 5.19. The fourth-order valence-corrected chi connectivity index (χ4v) is 5.38. The van der Waals surface area contributed by atoms with E-state index in [4.69, 9.17) is 23.2 Å². The van der Waals surface area contributed by atoms with E-state index in [1.165, 1.54) is 10.4 Å². The third kappa shape index (κ3) is 6.12. The van der Waals surface area contributed by atoms with Gasteiger partial charge in [-0.1, -0.05) is 35.3 Å². The fourth-order valence-electron chi connectivity index (χ4n) is 3.39. The third-order valence-electron chi connectivity index (χ3n) is 5.00. The number of amides is 1. The number of hydrogen-bond donors (Lipinski definition) is 1. The zero-order chi connectivity index (χ0) is 22.8. The number of hydrogen-bond acceptors (Lipinski definition) is 3. The first-order chi connectivity index (χ1) is 14.5. The Labute approximate surface area is 188 Å². The Bertz CT molecular complexity index is 1070. The first-order valence-corrected chi connectivity index (χ1v) is 11.7. The van der Waals surface area contributed by atoms with Crippen molar-refractivity contribution in [2.24, 2.45) is 5.92 Å². The van der Waals surface area contributed by atoms with E-state index in [1.54, 1.807) is 24.3 Å². The molecule has 1 amide bonds. The van der Waals surface area contributed by atoms with Crippen molar-refractivity contribution < 1.29 is 26.4 Å². The Morgan fingerprint density at radius 2 is 1.77 bits per heavy atom. The van der Waals surface area contributed by atoms with Gasteiger partial charge in [0, 0.05) is 29.7 Å². The van der Waals surface area contributed by atoms with E-state index in [1.807, 2.05) is 0 Å². The first-order valence-electron chi connectivity index (χ1n) is 9.35. The number of anilines is 1. The smallest absolute Gasteiger partial charge is 0.326 e. The van der Waals surface area contributed by atoms with E-state index >= 15 is 0 Å². The Kier molecular flexibility index (Phi) is 7.20. The standard InChI is InChI=1S/C20H19Cl2F3N2O3S/c21-15-3-1-2-13(10-15)12-31(29,30)27-8-6-14(7-9-27)19(28)26-16-4-5-18(22)17(11-16)20(23,24)25/h1-5,10-11,14H,6-9,12H2,(H,26,28). The number of nitrogens with one attached hydrogen (secondary N) is 1. The number of alkyl halides is 3. The zero-order valence-electron chi connectivity index (χ0n) is 16.1. The summed E-state index contributed by atoms with van der Waals surface area (Å²) in [7, 11) is -3.58. The van der Waals surface area contributed by atoms with Crippen LogP contribution in [0, 0.1) is 5.92 Å². The highest BCUT2D eigenvalue weighted by Gasteiger charge is 2.34. The summed E-state index contributed by atoms with van der Waals surface area (Å²) in [5.41, 5.74) is -0.484. The van der Waals surface area contributed by atoms with Crippen molar-refractivity contribution in [3.8, 4) is 0 Å². The number of carbonyl (C=O) groups is 1.